The molecule has 1 aliphatic heterocycles. The Morgan fingerprint density at radius 3 is 2.10 bits per heavy atom. The Labute approximate surface area is 120 Å². The summed E-state index contributed by atoms with van der Waals surface area (Å²) in [5.74, 6) is -1.67. The summed E-state index contributed by atoms with van der Waals surface area (Å²) in [5.41, 5.74) is -0.852. The van der Waals surface area contributed by atoms with E-state index in [9.17, 15) is 8.78 Å². The van der Waals surface area contributed by atoms with Crippen LogP contribution in [0.5, 0.6) is 0 Å². The molecule has 0 radical (unpaired) electrons. The highest BCUT2D eigenvalue weighted by Crippen LogP contribution is 2.37. The van der Waals surface area contributed by atoms with E-state index in [0.29, 0.717) is 10.1 Å². The van der Waals surface area contributed by atoms with E-state index in [0.717, 1.165) is 4.78 Å². The van der Waals surface area contributed by atoms with Crippen molar-refractivity contribution in [2.24, 2.45) is 0 Å². The Morgan fingerprint density at radius 1 is 0.950 bits per heavy atom. The maximum atomic E-state index is 13.3. The highest BCUT2D eigenvalue weighted by atomic mass is 32.1. The molecule has 0 atom stereocenters. The highest BCUT2D eigenvalue weighted by Gasteiger charge is 2.52. The lowest BCUT2D eigenvalue weighted by Gasteiger charge is -2.32. The van der Waals surface area contributed by atoms with Crippen LogP contribution in [0.4, 0.5) is 8.78 Å². The van der Waals surface area contributed by atoms with Crippen LogP contribution in [0.2, 0.25) is 0 Å². The Morgan fingerprint density at radius 2 is 1.50 bits per heavy atom. The topological polar surface area (TPSA) is 18.5 Å². The summed E-state index contributed by atoms with van der Waals surface area (Å²) in [6, 6.07) is 4.21. The van der Waals surface area contributed by atoms with Crippen molar-refractivity contribution in [3.63, 3.8) is 0 Å². The highest BCUT2D eigenvalue weighted by molar-refractivity contribution is 7.28. The Hall–Kier alpha value is -0.975. The van der Waals surface area contributed by atoms with Crippen molar-refractivity contribution < 1.29 is 18.1 Å². The molecule has 0 unspecified atom stereocenters. The Balaban J connectivity index is 2.00. The number of benzene rings is 1. The standard InChI is InChI=1S/C14H15BF2O2S/c1-13(2)14(3,4)19-15(18-13)12-6-8-5-9(16)10(17)7-11(8)20-12/h5-7H,1-4H3. The van der Waals surface area contributed by atoms with Crippen LogP contribution in [0.25, 0.3) is 10.1 Å². The first-order chi connectivity index (χ1) is 9.19. The lowest BCUT2D eigenvalue weighted by molar-refractivity contribution is 0.00578. The number of rotatable bonds is 1. The van der Waals surface area contributed by atoms with E-state index in [1.54, 1.807) is 6.07 Å². The van der Waals surface area contributed by atoms with Crippen molar-refractivity contribution >= 4 is 33.3 Å². The first-order valence-corrected chi connectivity index (χ1v) is 7.25. The predicted molar refractivity (Wildman–Crippen MR) is 77.5 cm³/mol. The van der Waals surface area contributed by atoms with Crippen LogP contribution in [-0.2, 0) is 9.31 Å². The van der Waals surface area contributed by atoms with Crippen LogP contribution in [0.3, 0.4) is 0 Å². The van der Waals surface area contributed by atoms with Gasteiger partial charge in [-0.05, 0) is 51.3 Å². The van der Waals surface area contributed by atoms with Crippen molar-refractivity contribution in [1.82, 2.24) is 0 Å². The summed E-state index contributed by atoms with van der Waals surface area (Å²) in [5, 5.41) is 0.665. The normalized spacial score (nSPS) is 20.8. The molecule has 1 aliphatic rings. The van der Waals surface area contributed by atoms with E-state index in [-0.39, 0.29) is 0 Å². The molecule has 1 aromatic heterocycles. The fourth-order valence-corrected chi connectivity index (χ4v) is 3.16. The number of halogens is 2. The van der Waals surface area contributed by atoms with E-state index in [4.69, 9.17) is 9.31 Å². The zero-order valence-electron chi connectivity index (χ0n) is 11.8. The van der Waals surface area contributed by atoms with Crippen molar-refractivity contribution in [3.05, 3.63) is 29.8 Å². The van der Waals surface area contributed by atoms with E-state index in [2.05, 4.69) is 0 Å². The second-order valence-electron chi connectivity index (χ2n) is 6.04. The maximum absolute atomic E-state index is 13.3. The molecular weight excluding hydrogens is 281 g/mol. The SMILES string of the molecule is CC1(C)OB(c2cc3cc(F)c(F)cc3s2)OC1(C)C. The quantitative estimate of drug-likeness (QED) is 0.750. The summed E-state index contributed by atoms with van der Waals surface area (Å²) in [7, 11) is -0.497. The molecule has 1 aromatic carbocycles. The van der Waals surface area contributed by atoms with E-state index in [1.165, 1.54) is 23.5 Å². The third-order valence-corrected chi connectivity index (χ3v) is 5.18. The van der Waals surface area contributed by atoms with Crippen molar-refractivity contribution in [3.8, 4) is 0 Å². The van der Waals surface area contributed by atoms with Crippen LogP contribution in [-0.4, -0.2) is 18.3 Å². The average Bonchev–Trinajstić information content (AvgIpc) is 2.79. The summed E-state index contributed by atoms with van der Waals surface area (Å²) < 4.78 is 39.9. The van der Waals surface area contributed by atoms with Gasteiger partial charge >= 0.3 is 7.12 Å². The summed E-state index contributed by atoms with van der Waals surface area (Å²) in [4.78, 5) is 0. The van der Waals surface area contributed by atoms with E-state index < -0.39 is 30.0 Å². The molecule has 2 heterocycles. The van der Waals surface area contributed by atoms with Crippen LogP contribution >= 0.6 is 11.3 Å². The molecule has 2 aromatic rings. The van der Waals surface area contributed by atoms with Crippen LogP contribution in [0.15, 0.2) is 18.2 Å². The van der Waals surface area contributed by atoms with E-state index >= 15 is 0 Å². The van der Waals surface area contributed by atoms with Crippen molar-refractivity contribution in [2.75, 3.05) is 0 Å². The molecule has 0 bridgehead atoms. The Kier molecular flexibility index (Phi) is 2.98. The third kappa shape index (κ3) is 2.06. The predicted octanol–water partition coefficient (Wildman–Crippen LogP) is 3.48. The molecule has 106 valence electrons. The first kappa shape index (κ1) is 14.0. The minimum atomic E-state index is -0.837. The average molecular weight is 296 g/mol. The molecule has 6 heteroatoms. The van der Waals surface area contributed by atoms with Gasteiger partial charge in [-0.3, -0.25) is 0 Å². The van der Waals surface area contributed by atoms with Crippen molar-refractivity contribution in [1.29, 1.82) is 0 Å². The van der Waals surface area contributed by atoms with Gasteiger partial charge < -0.3 is 9.31 Å². The van der Waals surface area contributed by atoms with Crippen LogP contribution in [0, 0.1) is 11.6 Å². The smallest absolute Gasteiger partial charge is 0.399 e. The van der Waals surface area contributed by atoms with Gasteiger partial charge in [0.15, 0.2) is 11.6 Å². The lowest BCUT2D eigenvalue weighted by Crippen LogP contribution is -2.41. The monoisotopic (exact) mass is 296 g/mol. The summed E-state index contributed by atoms with van der Waals surface area (Å²) in [6.45, 7) is 7.89. The van der Waals surface area contributed by atoms with Gasteiger partial charge in [-0.25, -0.2) is 8.78 Å². The maximum Gasteiger partial charge on any atom is 0.505 e. The van der Waals surface area contributed by atoms with Gasteiger partial charge in [0.05, 0.1) is 11.2 Å². The molecule has 0 amide bonds. The second-order valence-corrected chi connectivity index (χ2v) is 7.16. The molecule has 20 heavy (non-hydrogen) atoms. The molecule has 0 N–H and O–H groups in total. The molecule has 1 fully saturated rings. The molecular formula is C14H15BF2O2S. The van der Waals surface area contributed by atoms with Gasteiger partial charge in [-0.15, -0.1) is 11.3 Å². The number of thiophene rings is 1. The van der Waals surface area contributed by atoms with Gasteiger partial charge in [0.25, 0.3) is 0 Å². The summed E-state index contributed by atoms with van der Waals surface area (Å²) in [6.07, 6.45) is 0. The molecule has 0 saturated carbocycles. The zero-order valence-corrected chi connectivity index (χ0v) is 12.6. The first-order valence-electron chi connectivity index (χ1n) is 6.44. The van der Waals surface area contributed by atoms with Gasteiger partial charge in [0.2, 0.25) is 0 Å². The van der Waals surface area contributed by atoms with Gasteiger partial charge in [-0.1, -0.05) is 0 Å². The fourth-order valence-electron chi connectivity index (χ4n) is 2.13. The largest absolute Gasteiger partial charge is 0.505 e. The molecule has 0 spiro atoms. The number of hydrogen-bond donors (Lipinski definition) is 0. The summed E-state index contributed by atoms with van der Waals surface area (Å²) >= 11 is 1.36. The Bertz CT molecular complexity index is 626. The lowest BCUT2D eigenvalue weighted by atomic mass is 9.87. The third-order valence-electron chi connectivity index (χ3n) is 4.06. The molecule has 0 aliphatic carbocycles. The second kappa shape index (κ2) is 4.26. The van der Waals surface area contributed by atoms with Crippen LogP contribution in [0.1, 0.15) is 27.7 Å². The van der Waals surface area contributed by atoms with Crippen LogP contribution < -0.4 is 4.78 Å². The molecule has 1 saturated heterocycles. The molecule has 3 rings (SSSR count). The van der Waals surface area contributed by atoms with Gasteiger partial charge in [-0.2, -0.15) is 0 Å². The minimum absolute atomic E-state index is 0.426. The van der Waals surface area contributed by atoms with E-state index in [1.807, 2.05) is 27.7 Å². The van der Waals surface area contributed by atoms with Gasteiger partial charge in [0.1, 0.15) is 0 Å². The molecule has 2 nitrogen and oxygen atoms in total. The van der Waals surface area contributed by atoms with Gasteiger partial charge in [0, 0.05) is 9.48 Å². The number of hydrogen-bond acceptors (Lipinski definition) is 3. The zero-order chi connectivity index (χ0) is 14.7. The fraction of sp³-hybridized carbons (Fsp3) is 0.429. The number of fused-ring (bicyclic) bond motifs is 1. The van der Waals surface area contributed by atoms with Crippen molar-refractivity contribution in [2.45, 2.75) is 38.9 Å². The minimum Gasteiger partial charge on any atom is -0.399 e.